The Labute approximate surface area is 172 Å². The molecule has 156 valence electrons. The molecule has 1 aromatic carbocycles. The van der Waals surface area contributed by atoms with Crippen LogP contribution in [0.1, 0.15) is 69.1 Å². The Morgan fingerprint density at radius 2 is 1.83 bits per heavy atom. The fraction of sp³-hybridized carbons (Fsp3) is 0.238. The lowest BCUT2D eigenvalue weighted by atomic mass is 9.87. The van der Waals surface area contributed by atoms with Crippen LogP contribution in [-0.2, 0) is 11.8 Å². The van der Waals surface area contributed by atoms with Gasteiger partial charge in [-0.15, -0.1) is 0 Å². The minimum atomic E-state index is -1.22. The largest absolute Gasteiger partial charge is 0.475 e. The number of imidazole rings is 1. The van der Waals surface area contributed by atoms with E-state index in [0.717, 1.165) is 5.56 Å². The first-order valence-corrected chi connectivity index (χ1v) is 9.16. The van der Waals surface area contributed by atoms with Crippen molar-refractivity contribution in [3.8, 4) is 0 Å². The summed E-state index contributed by atoms with van der Waals surface area (Å²) in [6, 6.07) is 8.61. The van der Waals surface area contributed by atoms with E-state index in [9.17, 15) is 14.4 Å². The highest BCUT2D eigenvalue weighted by molar-refractivity contribution is 6.07. The molecule has 0 saturated heterocycles. The van der Waals surface area contributed by atoms with E-state index in [4.69, 9.17) is 15.3 Å². The van der Waals surface area contributed by atoms with Crippen LogP contribution in [0, 0.1) is 0 Å². The number of carbonyl (C=O) groups excluding carboxylic acids is 2. The van der Waals surface area contributed by atoms with Gasteiger partial charge in [-0.1, -0.05) is 32.9 Å². The first-order valence-electron chi connectivity index (χ1n) is 9.16. The summed E-state index contributed by atoms with van der Waals surface area (Å²) in [7, 11) is 0. The van der Waals surface area contributed by atoms with Crippen LogP contribution in [-0.4, -0.2) is 32.9 Å². The molecule has 5 N–H and O–H groups in total. The summed E-state index contributed by atoms with van der Waals surface area (Å²) < 4.78 is 4.94. The van der Waals surface area contributed by atoms with E-state index >= 15 is 0 Å². The second kappa shape index (κ2) is 7.86. The molecule has 0 fully saturated rings. The van der Waals surface area contributed by atoms with Crippen molar-refractivity contribution in [2.24, 2.45) is 5.73 Å². The zero-order chi connectivity index (χ0) is 22.1. The topological polar surface area (TPSA) is 151 Å². The number of hydrogen-bond donors (Lipinski definition) is 4. The number of primary amides is 1. The van der Waals surface area contributed by atoms with Crippen LogP contribution < -0.4 is 11.1 Å². The monoisotopic (exact) mass is 410 g/mol. The number of benzene rings is 1. The molecule has 2 heterocycles. The first-order chi connectivity index (χ1) is 14.1. The minimum Gasteiger partial charge on any atom is -0.475 e. The second-order valence-corrected chi connectivity index (χ2v) is 7.81. The summed E-state index contributed by atoms with van der Waals surface area (Å²) in [5.41, 5.74) is 7.10. The summed E-state index contributed by atoms with van der Waals surface area (Å²) in [6.45, 7) is 6.22. The molecule has 0 radical (unpaired) electrons. The molecule has 0 aliphatic carbocycles. The van der Waals surface area contributed by atoms with E-state index in [1.807, 2.05) is 12.1 Å². The maximum Gasteiger partial charge on any atom is 0.372 e. The molecule has 3 rings (SSSR count). The van der Waals surface area contributed by atoms with E-state index in [-0.39, 0.29) is 34.9 Å². The summed E-state index contributed by atoms with van der Waals surface area (Å²) in [6.07, 6.45) is 1.30. The second-order valence-electron chi connectivity index (χ2n) is 7.81. The lowest BCUT2D eigenvalue weighted by molar-refractivity contribution is 0.0660. The number of nitrogens with two attached hydrogens (primary N) is 1. The average Bonchev–Trinajstić information content (AvgIpc) is 3.28. The Hall–Kier alpha value is -3.88. The number of nitrogens with zero attached hydrogens (tertiary/aromatic N) is 1. The standard InChI is InChI=1S/C21H22N4O5/c1-21(2,3)13-6-4-11(5-7-13)19(27)25-18-15(17(22)26)23-14(24-18)10-12-8-9-30-16(12)20(28)29/h4-9H,10H2,1-3H3,(H2,22,26)(H,23,24)(H,25,27)(H,28,29). The van der Waals surface area contributed by atoms with Crippen LogP contribution >= 0.6 is 0 Å². The third kappa shape index (κ3) is 4.40. The van der Waals surface area contributed by atoms with Gasteiger partial charge >= 0.3 is 5.97 Å². The lowest BCUT2D eigenvalue weighted by Gasteiger charge is -2.19. The van der Waals surface area contributed by atoms with Crippen LogP contribution in [0.25, 0.3) is 0 Å². The van der Waals surface area contributed by atoms with Gasteiger partial charge < -0.3 is 25.6 Å². The number of rotatable bonds is 6. The van der Waals surface area contributed by atoms with Gasteiger partial charge in [-0.25, -0.2) is 9.78 Å². The molecule has 9 heteroatoms. The van der Waals surface area contributed by atoms with Crippen molar-refractivity contribution in [2.45, 2.75) is 32.6 Å². The summed E-state index contributed by atoms with van der Waals surface area (Å²) in [5, 5.41) is 11.7. The molecule has 0 spiro atoms. The van der Waals surface area contributed by atoms with E-state index in [2.05, 4.69) is 36.1 Å². The van der Waals surface area contributed by atoms with Gasteiger partial charge in [0, 0.05) is 17.5 Å². The maximum absolute atomic E-state index is 12.6. The number of carbonyl (C=O) groups is 3. The zero-order valence-electron chi connectivity index (χ0n) is 16.8. The van der Waals surface area contributed by atoms with Gasteiger partial charge in [-0.3, -0.25) is 9.59 Å². The number of aromatic amines is 1. The first kappa shape index (κ1) is 20.8. The molecule has 9 nitrogen and oxygen atoms in total. The summed E-state index contributed by atoms with van der Waals surface area (Å²) in [5.74, 6) is -2.47. The third-order valence-electron chi connectivity index (χ3n) is 4.54. The van der Waals surface area contributed by atoms with Crippen LogP contribution in [0.15, 0.2) is 41.0 Å². The predicted molar refractivity (Wildman–Crippen MR) is 109 cm³/mol. The average molecular weight is 410 g/mol. The highest BCUT2D eigenvalue weighted by Crippen LogP contribution is 2.23. The normalized spacial score (nSPS) is 11.3. The van der Waals surface area contributed by atoms with Crippen molar-refractivity contribution in [3.05, 3.63) is 70.6 Å². The SMILES string of the molecule is CC(C)(C)c1ccc(C(=O)Nc2nc(Cc3ccoc3C(=O)O)[nH]c2C(N)=O)cc1. The highest BCUT2D eigenvalue weighted by atomic mass is 16.4. The Balaban J connectivity index is 1.83. The number of amides is 2. The molecule has 0 bridgehead atoms. The summed E-state index contributed by atoms with van der Waals surface area (Å²) >= 11 is 0. The van der Waals surface area contributed by atoms with E-state index in [0.29, 0.717) is 11.1 Å². The lowest BCUT2D eigenvalue weighted by Crippen LogP contribution is -2.18. The smallest absolute Gasteiger partial charge is 0.372 e. The van der Waals surface area contributed by atoms with Crippen molar-refractivity contribution in [3.63, 3.8) is 0 Å². The van der Waals surface area contributed by atoms with Crippen molar-refractivity contribution < 1.29 is 23.9 Å². The summed E-state index contributed by atoms with van der Waals surface area (Å²) in [4.78, 5) is 42.5. The predicted octanol–water partition coefficient (Wildman–Crippen LogP) is 2.94. The van der Waals surface area contributed by atoms with E-state index < -0.39 is 17.8 Å². The van der Waals surface area contributed by atoms with Crippen molar-refractivity contribution >= 4 is 23.6 Å². The van der Waals surface area contributed by atoms with Gasteiger partial charge in [0.2, 0.25) is 5.76 Å². The Kier molecular flexibility index (Phi) is 5.46. The Bertz CT molecular complexity index is 1100. The molecule has 30 heavy (non-hydrogen) atoms. The van der Waals surface area contributed by atoms with Crippen LogP contribution in [0.2, 0.25) is 0 Å². The molecule has 0 saturated carbocycles. The van der Waals surface area contributed by atoms with Gasteiger partial charge in [0.1, 0.15) is 11.5 Å². The van der Waals surface area contributed by atoms with Crippen LogP contribution in [0.4, 0.5) is 5.82 Å². The number of furan rings is 1. The molecule has 0 unspecified atom stereocenters. The molecular formula is C21H22N4O5. The number of hydrogen-bond acceptors (Lipinski definition) is 5. The number of carboxylic acid groups (broad SMARTS) is 1. The highest BCUT2D eigenvalue weighted by Gasteiger charge is 2.21. The van der Waals surface area contributed by atoms with Crippen molar-refractivity contribution in [2.75, 3.05) is 5.32 Å². The third-order valence-corrected chi connectivity index (χ3v) is 4.54. The van der Waals surface area contributed by atoms with Gasteiger partial charge in [0.05, 0.1) is 6.26 Å². The van der Waals surface area contributed by atoms with Gasteiger partial charge in [0.15, 0.2) is 5.82 Å². The molecule has 2 amide bonds. The Morgan fingerprint density at radius 1 is 1.17 bits per heavy atom. The van der Waals surface area contributed by atoms with Gasteiger partial charge in [0.25, 0.3) is 11.8 Å². The van der Waals surface area contributed by atoms with Crippen LogP contribution in [0.3, 0.4) is 0 Å². The van der Waals surface area contributed by atoms with E-state index in [1.54, 1.807) is 12.1 Å². The molecular weight excluding hydrogens is 388 g/mol. The minimum absolute atomic E-state index is 0.0252. The molecule has 2 aromatic heterocycles. The van der Waals surface area contributed by atoms with Crippen LogP contribution in [0.5, 0.6) is 0 Å². The number of H-pyrrole nitrogens is 1. The maximum atomic E-state index is 12.6. The number of carboxylic acids is 1. The molecule has 0 atom stereocenters. The van der Waals surface area contributed by atoms with Gasteiger partial charge in [-0.2, -0.15) is 0 Å². The van der Waals surface area contributed by atoms with Crippen molar-refractivity contribution in [1.82, 2.24) is 9.97 Å². The molecule has 0 aliphatic rings. The zero-order valence-corrected chi connectivity index (χ0v) is 16.8. The Morgan fingerprint density at radius 3 is 2.40 bits per heavy atom. The van der Waals surface area contributed by atoms with Gasteiger partial charge in [-0.05, 0) is 29.2 Å². The number of aromatic nitrogens is 2. The fourth-order valence-corrected chi connectivity index (χ4v) is 2.92. The number of nitrogens with one attached hydrogen (secondary N) is 2. The number of anilines is 1. The van der Waals surface area contributed by atoms with Crippen molar-refractivity contribution in [1.29, 1.82) is 0 Å². The molecule has 0 aliphatic heterocycles. The number of aromatic carboxylic acids is 1. The van der Waals surface area contributed by atoms with E-state index in [1.165, 1.54) is 12.3 Å². The fourth-order valence-electron chi connectivity index (χ4n) is 2.92. The quantitative estimate of drug-likeness (QED) is 0.490. The molecule has 3 aromatic rings.